The van der Waals surface area contributed by atoms with E-state index in [1.807, 2.05) is 0 Å². The summed E-state index contributed by atoms with van der Waals surface area (Å²) in [5.41, 5.74) is 0.358. The van der Waals surface area contributed by atoms with Gasteiger partial charge in [-0.25, -0.2) is 13.1 Å². The fraction of sp³-hybridized carbons (Fsp3) is 0.500. The van der Waals surface area contributed by atoms with Gasteiger partial charge < -0.3 is 14.4 Å². The fourth-order valence-electron chi connectivity index (χ4n) is 2.11. The van der Waals surface area contributed by atoms with Crippen LogP contribution in [0.4, 0.5) is 0 Å². The summed E-state index contributed by atoms with van der Waals surface area (Å²) >= 11 is 0. The first kappa shape index (κ1) is 16.9. The third kappa shape index (κ3) is 4.26. The summed E-state index contributed by atoms with van der Waals surface area (Å²) in [5.74, 6) is -0.183. The number of nitrogens with one attached hydrogen (secondary N) is 1. The average molecular weight is 328 g/mol. The van der Waals surface area contributed by atoms with Crippen LogP contribution in [0.2, 0.25) is 0 Å². The number of amides is 1. The Morgan fingerprint density at radius 2 is 2.09 bits per heavy atom. The van der Waals surface area contributed by atoms with E-state index in [1.54, 1.807) is 17.0 Å². The van der Waals surface area contributed by atoms with E-state index < -0.39 is 10.0 Å². The molecule has 0 spiro atoms. The molecule has 1 aromatic carbocycles. The van der Waals surface area contributed by atoms with Gasteiger partial charge in [0, 0.05) is 32.3 Å². The van der Waals surface area contributed by atoms with Crippen molar-refractivity contribution in [3.05, 3.63) is 29.8 Å². The van der Waals surface area contributed by atoms with Crippen molar-refractivity contribution < 1.29 is 22.7 Å². The molecule has 0 radical (unpaired) electrons. The minimum atomic E-state index is -3.64. The molecule has 0 unspecified atom stereocenters. The molecule has 22 heavy (non-hydrogen) atoms. The van der Waals surface area contributed by atoms with E-state index in [9.17, 15) is 13.2 Å². The summed E-state index contributed by atoms with van der Waals surface area (Å²) in [6.45, 7) is 2.50. The predicted octanol–water partition coefficient (Wildman–Crippen LogP) is 0.0837. The third-order valence-corrected chi connectivity index (χ3v) is 4.75. The standard InChI is InChI=1S/C14H20N2O5S/c1-20-8-5-15-22(18,19)13-4-2-3-12(11-13)14(17)16-6-9-21-10-7-16/h2-4,11,15H,5-10H2,1H3. The van der Waals surface area contributed by atoms with Crippen molar-refractivity contribution in [3.63, 3.8) is 0 Å². The van der Waals surface area contributed by atoms with Crippen molar-refractivity contribution in [1.82, 2.24) is 9.62 Å². The molecule has 0 saturated carbocycles. The molecule has 1 aliphatic heterocycles. The highest BCUT2D eigenvalue weighted by atomic mass is 32.2. The Morgan fingerprint density at radius 1 is 1.36 bits per heavy atom. The molecular weight excluding hydrogens is 308 g/mol. The molecule has 7 nitrogen and oxygen atoms in total. The minimum Gasteiger partial charge on any atom is -0.383 e. The Labute approximate surface area is 130 Å². The van der Waals surface area contributed by atoms with Crippen molar-refractivity contribution in [2.75, 3.05) is 46.6 Å². The van der Waals surface area contributed by atoms with Gasteiger partial charge in [-0.15, -0.1) is 0 Å². The Bertz CT molecular complexity index is 611. The number of hydrogen-bond donors (Lipinski definition) is 1. The molecule has 2 rings (SSSR count). The molecule has 0 atom stereocenters. The minimum absolute atomic E-state index is 0.0720. The van der Waals surface area contributed by atoms with Crippen LogP contribution in [0, 0.1) is 0 Å². The molecule has 1 N–H and O–H groups in total. The number of nitrogens with zero attached hydrogens (tertiary/aromatic N) is 1. The van der Waals surface area contributed by atoms with Gasteiger partial charge in [0.1, 0.15) is 0 Å². The maximum atomic E-state index is 12.4. The molecule has 0 aliphatic carbocycles. The van der Waals surface area contributed by atoms with Gasteiger partial charge in [-0.1, -0.05) is 6.07 Å². The molecule has 1 amide bonds. The maximum Gasteiger partial charge on any atom is 0.254 e. The Hall–Kier alpha value is -1.48. The van der Waals surface area contributed by atoms with Crippen LogP contribution in [0.3, 0.4) is 0 Å². The van der Waals surface area contributed by atoms with E-state index in [-0.39, 0.29) is 24.0 Å². The second kappa shape index (κ2) is 7.68. The van der Waals surface area contributed by atoms with Crippen LogP contribution in [-0.2, 0) is 19.5 Å². The maximum absolute atomic E-state index is 12.4. The Kier molecular flexibility index (Phi) is 5.90. The van der Waals surface area contributed by atoms with Crippen LogP contribution in [0.25, 0.3) is 0 Å². The summed E-state index contributed by atoms with van der Waals surface area (Å²) in [5, 5.41) is 0. The first-order valence-electron chi connectivity index (χ1n) is 7.00. The summed E-state index contributed by atoms with van der Waals surface area (Å²) in [4.78, 5) is 14.1. The van der Waals surface area contributed by atoms with Gasteiger partial charge in [-0.05, 0) is 18.2 Å². The fourth-order valence-corrected chi connectivity index (χ4v) is 3.17. The normalized spacial score (nSPS) is 15.8. The van der Waals surface area contributed by atoms with Gasteiger partial charge in [-0.3, -0.25) is 4.79 Å². The molecule has 1 heterocycles. The lowest BCUT2D eigenvalue weighted by atomic mass is 10.2. The summed E-state index contributed by atoms with van der Waals surface area (Å²) in [6.07, 6.45) is 0. The number of ether oxygens (including phenoxy) is 2. The number of benzene rings is 1. The highest BCUT2D eigenvalue weighted by Gasteiger charge is 2.21. The molecule has 1 fully saturated rings. The Balaban J connectivity index is 2.13. The van der Waals surface area contributed by atoms with Gasteiger partial charge in [0.25, 0.3) is 5.91 Å². The van der Waals surface area contributed by atoms with E-state index in [0.29, 0.717) is 31.9 Å². The largest absolute Gasteiger partial charge is 0.383 e. The number of rotatable bonds is 6. The zero-order chi connectivity index (χ0) is 16.0. The second-order valence-corrected chi connectivity index (χ2v) is 6.59. The topological polar surface area (TPSA) is 84.9 Å². The van der Waals surface area contributed by atoms with Crippen LogP contribution >= 0.6 is 0 Å². The molecule has 0 aromatic heterocycles. The molecule has 1 aliphatic rings. The van der Waals surface area contributed by atoms with E-state index in [2.05, 4.69) is 4.72 Å². The molecule has 8 heteroatoms. The van der Waals surface area contributed by atoms with Gasteiger partial charge in [0.2, 0.25) is 10.0 Å². The average Bonchev–Trinajstić information content (AvgIpc) is 2.55. The number of carbonyl (C=O) groups is 1. The number of hydrogen-bond acceptors (Lipinski definition) is 5. The zero-order valence-electron chi connectivity index (χ0n) is 12.4. The van der Waals surface area contributed by atoms with E-state index >= 15 is 0 Å². The van der Waals surface area contributed by atoms with Crippen molar-refractivity contribution in [1.29, 1.82) is 0 Å². The van der Waals surface area contributed by atoms with Gasteiger partial charge in [0.05, 0.1) is 24.7 Å². The third-order valence-electron chi connectivity index (χ3n) is 3.29. The monoisotopic (exact) mass is 328 g/mol. The highest BCUT2D eigenvalue weighted by Crippen LogP contribution is 2.14. The zero-order valence-corrected chi connectivity index (χ0v) is 13.3. The van der Waals surface area contributed by atoms with Crippen molar-refractivity contribution in [2.24, 2.45) is 0 Å². The number of sulfonamides is 1. The van der Waals surface area contributed by atoms with Gasteiger partial charge in [0.15, 0.2) is 0 Å². The van der Waals surface area contributed by atoms with Crippen LogP contribution in [0.1, 0.15) is 10.4 Å². The molecule has 0 bridgehead atoms. The summed E-state index contributed by atoms with van der Waals surface area (Å²) < 4.78 is 36.7. The summed E-state index contributed by atoms with van der Waals surface area (Å²) in [6, 6.07) is 6.04. The predicted molar refractivity (Wildman–Crippen MR) is 80.2 cm³/mol. The van der Waals surface area contributed by atoms with Crippen LogP contribution < -0.4 is 4.72 Å². The van der Waals surface area contributed by atoms with E-state index in [4.69, 9.17) is 9.47 Å². The van der Waals surface area contributed by atoms with Crippen molar-refractivity contribution >= 4 is 15.9 Å². The molecule has 1 aromatic rings. The molecule has 122 valence electrons. The lowest BCUT2D eigenvalue weighted by molar-refractivity contribution is 0.0302. The van der Waals surface area contributed by atoms with Gasteiger partial charge >= 0.3 is 0 Å². The van der Waals surface area contributed by atoms with Crippen molar-refractivity contribution in [2.45, 2.75) is 4.90 Å². The highest BCUT2D eigenvalue weighted by molar-refractivity contribution is 7.89. The van der Waals surface area contributed by atoms with Crippen molar-refractivity contribution in [3.8, 4) is 0 Å². The van der Waals surface area contributed by atoms with Crippen LogP contribution in [0.5, 0.6) is 0 Å². The quantitative estimate of drug-likeness (QED) is 0.748. The molecular formula is C14H20N2O5S. The SMILES string of the molecule is COCCNS(=O)(=O)c1cccc(C(=O)N2CCOCC2)c1. The number of morpholine rings is 1. The lowest BCUT2D eigenvalue weighted by Crippen LogP contribution is -2.40. The van der Waals surface area contributed by atoms with E-state index in [0.717, 1.165) is 0 Å². The first-order chi connectivity index (χ1) is 10.5. The first-order valence-corrected chi connectivity index (χ1v) is 8.48. The number of carbonyl (C=O) groups excluding carboxylic acids is 1. The lowest BCUT2D eigenvalue weighted by Gasteiger charge is -2.27. The van der Waals surface area contributed by atoms with Gasteiger partial charge in [-0.2, -0.15) is 0 Å². The summed E-state index contributed by atoms with van der Waals surface area (Å²) in [7, 11) is -2.15. The van der Waals surface area contributed by atoms with Crippen LogP contribution in [0.15, 0.2) is 29.2 Å². The second-order valence-electron chi connectivity index (χ2n) is 4.82. The van der Waals surface area contributed by atoms with Crippen LogP contribution in [-0.4, -0.2) is 65.8 Å². The molecule has 1 saturated heterocycles. The Morgan fingerprint density at radius 3 is 2.77 bits per heavy atom. The smallest absolute Gasteiger partial charge is 0.254 e. The number of methoxy groups -OCH3 is 1. The van der Waals surface area contributed by atoms with E-state index in [1.165, 1.54) is 19.2 Å².